The highest BCUT2D eigenvalue weighted by atomic mass is 35.5. The number of rotatable bonds is 2. The Labute approximate surface area is 111 Å². The molecule has 0 heterocycles. The number of benzene rings is 2. The van der Waals surface area contributed by atoms with Crippen molar-refractivity contribution in [2.75, 3.05) is 11.1 Å². The van der Waals surface area contributed by atoms with Crippen LogP contribution in [0.2, 0.25) is 5.02 Å². The summed E-state index contributed by atoms with van der Waals surface area (Å²) in [5.41, 5.74) is 9.18. The van der Waals surface area contributed by atoms with Crippen molar-refractivity contribution in [3.05, 3.63) is 52.3 Å². The molecule has 0 unspecified atom stereocenters. The molecule has 2 nitrogen and oxygen atoms in total. The van der Waals surface area contributed by atoms with Crippen molar-refractivity contribution in [2.45, 2.75) is 13.8 Å². The first kappa shape index (κ1) is 12.7. The molecular weight excluding hydrogens is 251 g/mol. The van der Waals surface area contributed by atoms with E-state index >= 15 is 0 Å². The number of nitrogen functional groups attached to an aromatic ring is 1. The van der Waals surface area contributed by atoms with Crippen molar-refractivity contribution in [1.82, 2.24) is 0 Å². The van der Waals surface area contributed by atoms with Crippen molar-refractivity contribution < 1.29 is 4.39 Å². The highest BCUT2D eigenvalue weighted by molar-refractivity contribution is 6.31. The van der Waals surface area contributed by atoms with Gasteiger partial charge in [-0.15, -0.1) is 0 Å². The van der Waals surface area contributed by atoms with E-state index in [0.29, 0.717) is 22.0 Å². The Hall–Kier alpha value is -1.74. The largest absolute Gasteiger partial charge is 0.397 e. The molecule has 0 aliphatic rings. The Morgan fingerprint density at radius 1 is 1.17 bits per heavy atom. The summed E-state index contributed by atoms with van der Waals surface area (Å²) in [5, 5.41) is 3.85. The van der Waals surface area contributed by atoms with E-state index in [1.54, 1.807) is 13.0 Å². The molecule has 0 aliphatic heterocycles. The Morgan fingerprint density at radius 2 is 1.89 bits per heavy atom. The first-order valence-electron chi connectivity index (χ1n) is 5.57. The van der Waals surface area contributed by atoms with Crippen molar-refractivity contribution in [3.8, 4) is 0 Å². The van der Waals surface area contributed by atoms with E-state index in [0.717, 1.165) is 11.3 Å². The van der Waals surface area contributed by atoms with Crippen molar-refractivity contribution >= 4 is 28.7 Å². The van der Waals surface area contributed by atoms with Crippen LogP contribution in [0.25, 0.3) is 0 Å². The van der Waals surface area contributed by atoms with Crippen LogP contribution in [0.4, 0.5) is 21.5 Å². The van der Waals surface area contributed by atoms with Gasteiger partial charge in [-0.05, 0) is 49.2 Å². The smallest absolute Gasteiger partial charge is 0.128 e. The van der Waals surface area contributed by atoms with Gasteiger partial charge < -0.3 is 11.1 Å². The predicted octanol–water partition coefficient (Wildman–Crippen LogP) is 4.42. The first-order valence-corrected chi connectivity index (χ1v) is 5.94. The molecule has 94 valence electrons. The summed E-state index contributed by atoms with van der Waals surface area (Å²) < 4.78 is 13.3. The fraction of sp³-hybridized carbons (Fsp3) is 0.143. The van der Waals surface area contributed by atoms with Crippen LogP contribution in [0.5, 0.6) is 0 Å². The molecule has 0 fully saturated rings. The zero-order valence-electron chi connectivity index (χ0n) is 10.2. The summed E-state index contributed by atoms with van der Waals surface area (Å²) in [6, 6.07) is 8.58. The third-order valence-corrected chi connectivity index (χ3v) is 3.28. The Bertz CT molecular complexity index is 597. The van der Waals surface area contributed by atoms with E-state index in [9.17, 15) is 4.39 Å². The standard InChI is InChI=1S/C14H14ClFN2/c1-8-6-14(12(17)7-11(8)16)18-13-5-3-4-10(15)9(13)2/h3-7,18H,17H2,1-2H3. The van der Waals surface area contributed by atoms with Gasteiger partial charge in [0.2, 0.25) is 0 Å². The molecule has 4 heteroatoms. The fourth-order valence-corrected chi connectivity index (χ4v) is 1.87. The first-order chi connectivity index (χ1) is 8.49. The van der Waals surface area contributed by atoms with Crippen LogP contribution in [0.15, 0.2) is 30.3 Å². The third kappa shape index (κ3) is 2.41. The van der Waals surface area contributed by atoms with Gasteiger partial charge in [-0.1, -0.05) is 17.7 Å². The van der Waals surface area contributed by atoms with Crippen molar-refractivity contribution in [1.29, 1.82) is 0 Å². The predicted molar refractivity (Wildman–Crippen MR) is 75.0 cm³/mol. The maximum absolute atomic E-state index is 13.3. The zero-order valence-corrected chi connectivity index (χ0v) is 11.0. The molecule has 0 bridgehead atoms. The molecule has 2 aromatic carbocycles. The van der Waals surface area contributed by atoms with Crippen molar-refractivity contribution in [3.63, 3.8) is 0 Å². The molecule has 2 aromatic rings. The summed E-state index contributed by atoms with van der Waals surface area (Å²) in [6.45, 7) is 3.61. The van der Waals surface area contributed by atoms with Gasteiger partial charge in [0.05, 0.1) is 11.4 Å². The van der Waals surface area contributed by atoms with Gasteiger partial charge in [0.15, 0.2) is 0 Å². The second-order valence-electron chi connectivity index (χ2n) is 4.23. The van der Waals surface area contributed by atoms with E-state index in [-0.39, 0.29) is 5.82 Å². The minimum absolute atomic E-state index is 0.305. The highest BCUT2D eigenvalue weighted by Crippen LogP contribution is 2.30. The monoisotopic (exact) mass is 264 g/mol. The number of aryl methyl sites for hydroxylation is 1. The molecular formula is C14H14ClFN2. The van der Waals surface area contributed by atoms with Gasteiger partial charge in [-0.25, -0.2) is 4.39 Å². The van der Waals surface area contributed by atoms with E-state index in [4.69, 9.17) is 17.3 Å². The van der Waals surface area contributed by atoms with Crippen LogP contribution in [-0.2, 0) is 0 Å². The van der Waals surface area contributed by atoms with Gasteiger partial charge in [-0.2, -0.15) is 0 Å². The number of hydrogen-bond donors (Lipinski definition) is 2. The maximum Gasteiger partial charge on any atom is 0.128 e. The molecule has 0 spiro atoms. The molecule has 0 aliphatic carbocycles. The summed E-state index contributed by atoms with van der Waals surface area (Å²) in [7, 11) is 0. The van der Waals surface area contributed by atoms with E-state index in [1.165, 1.54) is 6.07 Å². The molecule has 0 saturated heterocycles. The van der Waals surface area contributed by atoms with E-state index in [1.807, 2.05) is 25.1 Å². The van der Waals surface area contributed by atoms with Crippen LogP contribution >= 0.6 is 11.6 Å². The van der Waals surface area contributed by atoms with Crippen LogP contribution in [0.1, 0.15) is 11.1 Å². The third-order valence-electron chi connectivity index (χ3n) is 2.87. The summed E-state index contributed by atoms with van der Waals surface area (Å²) in [5.74, 6) is -0.305. The van der Waals surface area contributed by atoms with Crippen LogP contribution in [0.3, 0.4) is 0 Å². The van der Waals surface area contributed by atoms with Gasteiger partial charge in [0.1, 0.15) is 5.82 Å². The van der Waals surface area contributed by atoms with Gasteiger partial charge in [0, 0.05) is 10.7 Å². The number of nitrogens with two attached hydrogens (primary N) is 1. The average molecular weight is 265 g/mol. The quantitative estimate of drug-likeness (QED) is 0.788. The van der Waals surface area contributed by atoms with Crippen LogP contribution < -0.4 is 11.1 Å². The summed E-state index contributed by atoms with van der Waals surface area (Å²) in [6.07, 6.45) is 0. The highest BCUT2D eigenvalue weighted by Gasteiger charge is 2.07. The van der Waals surface area contributed by atoms with Gasteiger partial charge in [-0.3, -0.25) is 0 Å². The molecule has 0 saturated carbocycles. The molecule has 0 radical (unpaired) electrons. The van der Waals surface area contributed by atoms with E-state index in [2.05, 4.69) is 5.32 Å². The summed E-state index contributed by atoms with van der Waals surface area (Å²) in [4.78, 5) is 0. The fourth-order valence-electron chi connectivity index (χ4n) is 1.69. The number of halogens is 2. The minimum Gasteiger partial charge on any atom is -0.397 e. The number of nitrogens with one attached hydrogen (secondary N) is 1. The number of anilines is 3. The van der Waals surface area contributed by atoms with Crippen LogP contribution in [-0.4, -0.2) is 0 Å². The second-order valence-corrected chi connectivity index (χ2v) is 4.63. The Kier molecular flexibility index (Phi) is 3.43. The molecule has 0 atom stereocenters. The van der Waals surface area contributed by atoms with Gasteiger partial charge >= 0.3 is 0 Å². The molecule has 2 rings (SSSR count). The van der Waals surface area contributed by atoms with Crippen molar-refractivity contribution in [2.24, 2.45) is 0 Å². The minimum atomic E-state index is -0.305. The molecule has 18 heavy (non-hydrogen) atoms. The Balaban J connectivity index is 2.40. The lowest BCUT2D eigenvalue weighted by molar-refractivity contribution is 0.619. The normalized spacial score (nSPS) is 10.4. The topological polar surface area (TPSA) is 38.0 Å². The Morgan fingerprint density at radius 3 is 2.61 bits per heavy atom. The molecule has 3 N–H and O–H groups in total. The lowest BCUT2D eigenvalue weighted by Gasteiger charge is -2.13. The van der Waals surface area contributed by atoms with Gasteiger partial charge in [0.25, 0.3) is 0 Å². The maximum atomic E-state index is 13.3. The zero-order chi connectivity index (χ0) is 13.3. The lowest BCUT2D eigenvalue weighted by Crippen LogP contribution is -2.00. The van der Waals surface area contributed by atoms with E-state index < -0.39 is 0 Å². The SMILES string of the molecule is Cc1cc(Nc2cccc(Cl)c2C)c(N)cc1F. The summed E-state index contributed by atoms with van der Waals surface area (Å²) >= 11 is 6.05. The van der Waals surface area contributed by atoms with Crippen LogP contribution in [0, 0.1) is 19.7 Å². The lowest BCUT2D eigenvalue weighted by atomic mass is 10.1. The number of hydrogen-bond acceptors (Lipinski definition) is 2. The average Bonchev–Trinajstić information content (AvgIpc) is 2.32. The molecule has 0 amide bonds. The second kappa shape index (κ2) is 4.86. The molecule has 0 aromatic heterocycles.